The van der Waals surface area contributed by atoms with Gasteiger partial charge in [0.15, 0.2) is 5.75 Å². The number of halogens is 1. The van der Waals surface area contributed by atoms with E-state index in [-0.39, 0.29) is 155 Å². The van der Waals surface area contributed by atoms with E-state index in [1.807, 2.05) is 80.6 Å². The van der Waals surface area contributed by atoms with Crippen LogP contribution in [0.4, 0.5) is 0 Å². The third-order valence-corrected chi connectivity index (χ3v) is 19.4. The van der Waals surface area contributed by atoms with Crippen LogP contribution < -0.4 is 16.2 Å². The number of hydrogen-bond donors (Lipinski definition) is 6. The number of methoxy groups -OCH3 is 2. The van der Waals surface area contributed by atoms with Gasteiger partial charge in [0, 0.05) is 200 Å². The van der Waals surface area contributed by atoms with Crippen LogP contribution in [0.2, 0.25) is 0 Å². The van der Waals surface area contributed by atoms with Crippen molar-refractivity contribution >= 4 is 86.8 Å². The number of aromatic nitrogens is 1. The Balaban J connectivity index is 0.000000228. The number of ether oxygens (including phenoxy) is 6. The number of esters is 2. The number of amides is 4. The fourth-order valence-corrected chi connectivity index (χ4v) is 12.9. The summed E-state index contributed by atoms with van der Waals surface area (Å²) >= 11 is 3.27. The smallest absolute Gasteiger partial charge is 0.338 e. The Morgan fingerprint density at radius 2 is 0.861 bits per heavy atom. The summed E-state index contributed by atoms with van der Waals surface area (Å²) < 4.78 is 30.4. The molecule has 3 radical (unpaired) electrons. The predicted octanol–water partition coefficient (Wildman–Crippen LogP) is 7.54. The number of benzene rings is 7. The van der Waals surface area contributed by atoms with Crippen LogP contribution in [-0.4, -0.2) is 231 Å². The molecular formula is C83H89BrN8O20Y3-2. The van der Waals surface area contributed by atoms with Crippen LogP contribution >= 0.6 is 15.9 Å². The molecule has 4 saturated heterocycles. The van der Waals surface area contributed by atoms with Gasteiger partial charge in [0.25, 0.3) is 23.3 Å². The number of hydrogen-bond acceptors (Lipinski definition) is 22. The quantitative estimate of drug-likeness (QED) is 0.0165. The van der Waals surface area contributed by atoms with Gasteiger partial charge in [0.2, 0.25) is 5.91 Å². The van der Waals surface area contributed by atoms with Crippen molar-refractivity contribution in [2.45, 2.75) is 58.4 Å². The molecule has 7 aromatic carbocycles. The first-order valence-electron chi connectivity index (χ1n) is 36.1. The van der Waals surface area contributed by atoms with Gasteiger partial charge in [0.05, 0.1) is 106 Å². The second-order valence-corrected chi connectivity index (χ2v) is 27.3. The van der Waals surface area contributed by atoms with Gasteiger partial charge in [-0.25, -0.2) is 31.3 Å². The van der Waals surface area contributed by atoms with E-state index in [4.69, 9.17) is 29.2 Å². The summed E-state index contributed by atoms with van der Waals surface area (Å²) in [6.45, 7) is 19.5. The summed E-state index contributed by atoms with van der Waals surface area (Å²) in [5.41, 5.74) is 9.63. The first-order valence-corrected chi connectivity index (χ1v) is 37.3. The third kappa shape index (κ3) is 28.5. The van der Waals surface area contributed by atoms with Crippen LogP contribution in [0.3, 0.4) is 0 Å². The van der Waals surface area contributed by atoms with E-state index < -0.39 is 47.2 Å². The van der Waals surface area contributed by atoms with E-state index in [1.165, 1.54) is 26.4 Å². The monoisotopic (exact) mass is 1860 g/mol. The van der Waals surface area contributed by atoms with Gasteiger partial charge in [-0.15, -0.1) is 11.6 Å². The topological polar surface area (TPSA) is 360 Å². The summed E-state index contributed by atoms with van der Waals surface area (Å²) in [6, 6.07) is 40.8. The van der Waals surface area contributed by atoms with Gasteiger partial charge in [-0.2, -0.15) is 0 Å². The van der Waals surface area contributed by atoms with Crippen LogP contribution in [0.5, 0.6) is 5.75 Å². The molecule has 8 aromatic rings. The number of fused-ring (bicyclic) bond motifs is 2. The molecule has 0 spiro atoms. The number of rotatable bonds is 22. The molecule has 599 valence electrons. The maximum atomic E-state index is 12.8. The Labute approximate surface area is 749 Å². The second-order valence-electron chi connectivity index (χ2n) is 26.7. The minimum atomic E-state index is -1.23. The molecular weight excluding hydrogens is 1780 g/mol. The van der Waals surface area contributed by atoms with E-state index in [0.29, 0.717) is 99.6 Å². The minimum Gasteiger partial charge on any atom is -0.505 e. The molecule has 4 amide bonds. The predicted molar refractivity (Wildman–Crippen MR) is 416 cm³/mol. The van der Waals surface area contributed by atoms with Crippen LogP contribution in [-0.2, 0) is 186 Å². The molecule has 32 heteroatoms. The van der Waals surface area contributed by atoms with Gasteiger partial charge >= 0.3 is 23.9 Å². The number of alkyl halides is 1. The number of morpholine rings is 4. The number of carboxylic acid groups (broad SMARTS) is 2. The van der Waals surface area contributed by atoms with Crippen LogP contribution in [0, 0.1) is 13.8 Å². The molecule has 0 saturated carbocycles. The zero-order chi connectivity index (χ0) is 80.2. The fraction of sp³-hybridized carbons (Fsp3) is 0.337. The minimum absolute atomic E-state index is 0. The molecule has 5 aliphatic heterocycles. The van der Waals surface area contributed by atoms with Crippen molar-refractivity contribution in [1.82, 2.24) is 40.1 Å². The zero-order valence-electron chi connectivity index (χ0n) is 64.4. The summed E-state index contributed by atoms with van der Waals surface area (Å²) in [4.78, 5) is 142. The van der Waals surface area contributed by atoms with Crippen molar-refractivity contribution in [2.24, 2.45) is 0 Å². The van der Waals surface area contributed by atoms with Crippen molar-refractivity contribution in [2.75, 3.05) is 126 Å². The summed E-state index contributed by atoms with van der Waals surface area (Å²) in [7, 11) is 2.53. The molecule has 5 aliphatic rings. The van der Waals surface area contributed by atoms with Crippen molar-refractivity contribution in [3.05, 3.63) is 250 Å². The van der Waals surface area contributed by atoms with E-state index >= 15 is 0 Å². The number of H-pyrrole nitrogens is 1. The molecule has 28 nitrogen and oxygen atoms in total. The van der Waals surface area contributed by atoms with Gasteiger partial charge in [-0.05, 0) is 108 Å². The number of aromatic amines is 1. The van der Waals surface area contributed by atoms with Crippen molar-refractivity contribution < 1.29 is 190 Å². The van der Waals surface area contributed by atoms with Gasteiger partial charge in [-0.1, -0.05) is 99.9 Å². The molecule has 4 fully saturated rings. The number of nitrogens with one attached hydrogen (secondary N) is 3. The van der Waals surface area contributed by atoms with Crippen LogP contribution in [0.25, 0.3) is 10.8 Å². The standard InChI is InChI=1S/2C23H25N3O4.C13H15NO5.C13H13NO3.C11H11BrO4.3Y/c1-16-2-4-17(5-3-16)13-24-21(27)15-26-22(28)19-7-6-18(12-20(19)23(26)29)14-25-8-10-30-11-9-25;1-15-2-4-16(5-3-15)13-24-23(29)20-21(27)19-12-17(6-7-18(19)22(28)25-20)14-26-8-10-30-11-9-26;15-12(16)10-2-1-9(7-11(10)13(17)18)8-14-3-5-19-6-4-14;15-9-12-2-1-11(7-13(12)10-16)8-14-3-5-17-6-4-14;1-15-10(13)8-4-3-7(6-12)5-9(8)11(14)16-2;;;/h2-7,12H,8-11,13-15H2,1H3,(H,24,27);2-7,12,27H,8-11,13-14H2,1H3,(H,24,29)(H,25,28);1-2,7H,3-6,8H2,(H,15,16)(H,17,18);1-2,7H,3-6,8H2;3-5H,6H2,1-2H3;;;/q;;;-2;;;;. The Morgan fingerprint density at radius 1 is 0.461 bits per heavy atom. The van der Waals surface area contributed by atoms with Crippen molar-refractivity contribution in [3.8, 4) is 5.75 Å². The fourth-order valence-electron chi connectivity index (χ4n) is 12.5. The molecule has 0 aliphatic carbocycles. The molecule has 0 atom stereocenters. The van der Waals surface area contributed by atoms with E-state index in [2.05, 4.69) is 60.6 Å². The number of carbonyl (C=O) groups is 8. The van der Waals surface area contributed by atoms with Crippen LogP contribution in [0.1, 0.15) is 134 Å². The number of nitrogens with zero attached hydrogens (tertiary/aromatic N) is 5. The normalized spacial score (nSPS) is 14.7. The Hall–Kier alpha value is -7.68. The van der Waals surface area contributed by atoms with E-state index in [0.717, 1.165) is 127 Å². The molecule has 13 rings (SSSR count). The van der Waals surface area contributed by atoms with Gasteiger partial charge < -0.3 is 68.9 Å². The molecule has 1 aromatic heterocycles. The Morgan fingerprint density at radius 3 is 1.34 bits per heavy atom. The van der Waals surface area contributed by atoms with Gasteiger partial charge in [0.1, 0.15) is 12.2 Å². The first-order chi connectivity index (χ1) is 54.1. The number of carboxylic acids is 2. The van der Waals surface area contributed by atoms with E-state index in [9.17, 15) is 57.8 Å². The average molecular weight is 1870 g/mol. The second kappa shape index (κ2) is 48.9. The first kappa shape index (κ1) is 96.2. The summed E-state index contributed by atoms with van der Waals surface area (Å²) in [6.07, 6.45) is 3.50. The number of aromatic hydroxyl groups is 1. The Kier molecular flexibility index (Phi) is 40.9. The number of aryl methyl sites for hydroxylation is 2. The number of aromatic carboxylic acids is 2. The van der Waals surface area contributed by atoms with Gasteiger partial charge in [-0.3, -0.25) is 59.6 Å². The van der Waals surface area contributed by atoms with Crippen molar-refractivity contribution in [3.63, 3.8) is 0 Å². The summed E-state index contributed by atoms with van der Waals surface area (Å²) in [5.74, 6) is -5.48. The molecule has 6 heterocycles. The average Bonchev–Trinajstić information content (AvgIpc) is 1.38. The Bertz CT molecular complexity index is 4740. The number of pyridine rings is 1. The maximum Gasteiger partial charge on any atom is 0.338 e. The molecule has 0 bridgehead atoms. The van der Waals surface area contributed by atoms with Crippen LogP contribution in [0.15, 0.2) is 144 Å². The number of carbonyl (C=O) groups excluding carboxylic acids is 8. The number of imide groups is 1. The largest absolute Gasteiger partial charge is 0.505 e. The molecule has 0 unspecified atom stereocenters. The molecule has 6 N–H and O–H groups in total. The van der Waals surface area contributed by atoms with Crippen molar-refractivity contribution in [1.29, 1.82) is 0 Å². The van der Waals surface area contributed by atoms with E-state index in [1.54, 1.807) is 73.2 Å². The molecule has 115 heavy (non-hydrogen) atoms. The summed E-state index contributed by atoms with van der Waals surface area (Å²) in [5, 5.41) is 35.6. The maximum absolute atomic E-state index is 12.8. The third-order valence-electron chi connectivity index (χ3n) is 18.7. The SMILES string of the molecule is COC(=O)c1ccc(CBr)cc1C(=O)OC.Cc1ccc(CNC(=O)CN2C(=O)c3ccc(CN4CCOCC4)cc3C2=O)cc1.Cc1ccc(CNC(=O)c2[nH]c(=O)c3ccc(CN4CCOCC4)cc3c2O)cc1.O=C(O)c1ccc(CN2CCOCC2)cc1C(=O)O.O=[C-]c1ccc(CN2CCOCC2)cc1[C-]=O.[Y].[Y].[Y]. The zero-order valence-corrected chi connectivity index (χ0v) is 74.5.